The van der Waals surface area contributed by atoms with Gasteiger partial charge in [-0.2, -0.15) is 0 Å². The maximum absolute atomic E-state index is 11.1. The van der Waals surface area contributed by atoms with Crippen molar-refractivity contribution in [2.75, 3.05) is 6.54 Å². The summed E-state index contributed by atoms with van der Waals surface area (Å²) in [4.78, 5) is 21.3. The zero-order valence-corrected chi connectivity index (χ0v) is 9.82. The first-order valence-corrected chi connectivity index (χ1v) is 5.07. The van der Waals surface area contributed by atoms with Gasteiger partial charge in [0.25, 0.3) is 0 Å². The number of rotatable bonds is 5. The molecule has 6 heteroatoms. The third-order valence-electron chi connectivity index (χ3n) is 1.57. The number of amides is 1. The van der Waals surface area contributed by atoms with E-state index in [2.05, 4.69) is 5.32 Å². The van der Waals surface area contributed by atoms with E-state index in [4.69, 9.17) is 9.84 Å². The van der Waals surface area contributed by atoms with Gasteiger partial charge in [-0.25, -0.2) is 4.79 Å². The maximum Gasteiger partial charge on any atom is 0.407 e. The maximum atomic E-state index is 11.1. The van der Waals surface area contributed by atoms with Crippen molar-refractivity contribution in [3.05, 3.63) is 0 Å². The molecule has 0 rings (SSSR count). The summed E-state index contributed by atoms with van der Waals surface area (Å²) in [7, 11) is 0. The summed E-state index contributed by atoms with van der Waals surface area (Å²) in [6.45, 7) is 5.18. The second-order valence-electron chi connectivity index (χ2n) is 4.47. The number of alkyl carbamates (subject to hydrolysis) is 1. The van der Waals surface area contributed by atoms with Crippen LogP contribution in [0.2, 0.25) is 0 Å². The van der Waals surface area contributed by atoms with Crippen LogP contribution in [0.4, 0.5) is 4.79 Å². The number of carbonyl (C=O) groups is 2. The summed E-state index contributed by atoms with van der Waals surface area (Å²) in [5, 5.41) is 20.0. The Balaban J connectivity index is 3.71. The van der Waals surface area contributed by atoms with Crippen molar-refractivity contribution < 1.29 is 24.5 Å². The predicted octanol–water partition coefficient (Wildman–Crippen LogP) is 0.737. The Morgan fingerprint density at radius 1 is 1.38 bits per heavy atom. The quantitative estimate of drug-likeness (QED) is 0.650. The van der Waals surface area contributed by atoms with Crippen molar-refractivity contribution in [3.63, 3.8) is 0 Å². The highest BCUT2D eigenvalue weighted by Crippen LogP contribution is 2.06. The molecule has 0 aliphatic carbocycles. The van der Waals surface area contributed by atoms with Gasteiger partial charge < -0.3 is 20.3 Å². The number of nitrogens with one attached hydrogen (secondary N) is 1. The van der Waals surface area contributed by atoms with Crippen LogP contribution in [-0.4, -0.2) is 40.5 Å². The number of carbonyl (C=O) groups excluding carboxylic acids is 1. The molecule has 0 heterocycles. The third-order valence-corrected chi connectivity index (χ3v) is 1.57. The zero-order chi connectivity index (χ0) is 12.8. The number of aliphatic carboxylic acids is 1. The van der Waals surface area contributed by atoms with Crippen molar-refractivity contribution >= 4 is 12.1 Å². The summed E-state index contributed by atoms with van der Waals surface area (Å²) in [6, 6.07) is 0. The number of aliphatic hydroxyl groups excluding tert-OH is 1. The Morgan fingerprint density at radius 2 is 1.94 bits per heavy atom. The molecule has 0 radical (unpaired) electrons. The van der Waals surface area contributed by atoms with Crippen LogP contribution >= 0.6 is 0 Å². The van der Waals surface area contributed by atoms with Crippen LogP contribution in [0.5, 0.6) is 0 Å². The molecule has 16 heavy (non-hydrogen) atoms. The lowest BCUT2D eigenvalue weighted by molar-refractivity contribution is -0.137. The molecule has 0 spiro atoms. The summed E-state index contributed by atoms with van der Waals surface area (Å²) >= 11 is 0. The minimum Gasteiger partial charge on any atom is -0.481 e. The Kier molecular flexibility index (Phi) is 5.81. The van der Waals surface area contributed by atoms with E-state index in [-0.39, 0.29) is 19.4 Å². The normalized spacial score (nSPS) is 13.0. The van der Waals surface area contributed by atoms with E-state index in [0.29, 0.717) is 0 Å². The first-order chi connectivity index (χ1) is 7.20. The van der Waals surface area contributed by atoms with Gasteiger partial charge in [0, 0.05) is 13.0 Å². The van der Waals surface area contributed by atoms with Gasteiger partial charge in [0.15, 0.2) is 0 Å². The van der Waals surface area contributed by atoms with Crippen LogP contribution in [0.25, 0.3) is 0 Å². The molecule has 0 aromatic carbocycles. The number of hydrogen-bond acceptors (Lipinski definition) is 4. The number of aliphatic hydroxyl groups is 1. The lowest BCUT2D eigenvalue weighted by Crippen LogP contribution is -2.37. The summed E-state index contributed by atoms with van der Waals surface area (Å²) in [5.74, 6) is -0.976. The molecule has 0 saturated heterocycles. The lowest BCUT2D eigenvalue weighted by Gasteiger charge is -2.20. The minimum atomic E-state index is -0.976. The fraction of sp³-hybridized carbons (Fsp3) is 0.800. The standard InChI is InChI=1S/C10H19NO5/c1-10(2,3)16-9(15)11-6-7(12)4-5-8(13)14/h7,12H,4-6H2,1-3H3,(H,11,15)(H,13,14)/t7-/m1/s1. The molecule has 3 N–H and O–H groups in total. The molecule has 94 valence electrons. The fourth-order valence-corrected chi connectivity index (χ4v) is 0.907. The van der Waals surface area contributed by atoms with E-state index >= 15 is 0 Å². The van der Waals surface area contributed by atoms with Crippen molar-refractivity contribution in [3.8, 4) is 0 Å². The van der Waals surface area contributed by atoms with Crippen LogP contribution in [0, 0.1) is 0 Å². The lowest BCUT2D eigenvalue weighted by atomic mass is 10.2. The molecule has 1 atom stereocenters. The average Bonchev–Trinajstić information content (AvgIpc) is 2.08. The Bertz CT molecular complexity index is 246. The Labute approximate surface area is 94.6 Å². The molecule has 0 saturated carbocycles. The van der Waals surface area contributed by atoms with Gasteiger partial charge in [0.05, 0.1) is 6.10 Å². The molecule has 0 unspecified atom stereocenters. The smallest absolute Gasteiger partial charge is 0.407 e. The molecule has 0 fully saturated rings. The van der Waals surface area contributed by atoms with Gasteiger partial charge in [-0.3, -0.25) is 4.79 Å². The van der Waals surface area contributed by atoms with Crippen LogP contribution in [0.3, 0.4) is 0 Å². The number of carboxylic acids is 1. The second-order valence-corrected chi connectivity index (χ2v) is 4.47. The van der Waals surface area contributed by atoms with E-state index in [1.807, 2.05) is 0 Å². The Morgan fingerprint density at radius 3 is 2.38 bits per heavy atom. The number of ether oxygens (including phenoxy) is 1. The highest BCUT2D eigenvalue weighted by molar-refractivity contribution is 5.68. The summed E-state index contributed by atoms with van der Waals surface area (Å²) < 4.78 is 4.94. The van der Waals surface area contributed by atoms with E-state index < -0.39 is 23.8 Å². The molecule has 0 aromatic heterocycles. The minimum absolute atomic E-state index is 0.0117. The van der Waals surface area contributed by atoms with E-state index in [1.54, 1.807) is 20.8 Å². The second kappa shape index (κ2) is 6.32. The van der Waals surface area contributed by atoms with Crippen LogP contribution in [-0.2, 0) is 9.53 Å². The first kappa shape index (κ1) is 14.7. The Hall–Kier alpha value is -1.30. The first-order valence-electron chi connectivity index (χ1n) is 5.07. The molecular formula is C10H19NO5. The number of hydrogen-bond donors (Lipinski definition) is 3. The van der Waals surface area contributed by atoms with Gasteiger partial charge in [-0.05, 0) is 27.2 Å². The van der Waals surface area contributed by atoms with Crippen molar-refractivity contribution in [2.24, 2.45) is 0 Å². The SMILES string of the molecule is CC(C)(C)OC(=O)NC[C@H](O)CCC(=O)O. The zero-order valence-electron chi connectivity index (χ0n) is 9.82. The van der Waals surface area contributed by atoms with Gasteiger partial charge >= 0.3 is 12.1 Å². The van der Waals surface area contributed by atoms with E-state index in [1.165, 1.54) is 0 Å². The summed E-state index contributed by atoms with van der Waals surface area (Å²) in [6.07, 6.45) is -1.52. The molecule has 0 aliphatic rings. The fourth-order valence-electron chi connectivity index (χ4n) is 0.907. The van der Waals surface area contributed by atoms with Gasteiger partial charge in [0.2, 0.25) is 0 Å². The van der Waals surface area contributed by atoms with Gasteiger partial charge in [-0.1, -0.05) is 0 Å². The van der Waals surface area contributed by atoms with E-state index in [9.17, 15) is 14.7 Å². The molecule has 0 bridgehead atoms. The van der Waals surface area contributed by atoms with Crippen molar-refractivity contribution in [2.45, 2.75) is 45.3 Å². The topological polar surface area (TPSA) is 95.9 Å². The van der Waals surface area contributed by atoms with Crippen molar-refractivity contribution in [1.29, 1.82) is 0 Å². The monoisotopic (exact) mass is 233 g/mol. The largest absolute Gasteiger partial charge is 0.481 e. The van der Waals surface area contributed by atoms with Crippen LogP contribution < -0.4 is 5.32 Å². The summed E-state index contributed by atoms with van der Waals surface area (Å²) in [5.41, 5.74) is -0.587. The third kappa shape index (κ3) is 9.26. The van der Waals surface area contributed by atoms with Crippen LogP contribution in [0.15, 0.2) is 0 Å². The van der Waals surface area contributed by atoms with Crippen LogP contribution in [0.1, 0.15) is 33.6 Å². The molecule has 1 amide bonds. The van der Waals surface area contributed by atoms with Gasteiger partial charge in [0.1, 0.15) is 5.60 Å². The number of carboxylic acid groups (broad SMARTS) is 1. The molecule has 0 aromatic rings. The highest BCUT2D eigenvalue weighted by atomic mass is 16.6. The average molecular weight is 233 g/mol. The molecule has 0 aliphatic heterocycles. The predicted molar refractivity (Wildman–Crippen MR) is 57.1 cm³/mol. The van der Waals surface area contributed by atoms with Gasteiger partial charge in [-0.15, -0.1) is 0 Å². The molecule has 6 nitrogen and oxygen atoms in total. The highest BCUT2D eigenvalue weighted by Gasteiger charge is 2.16. The van der Waals surface area contributed by atoms with E-state index in [0.717, 1.165) is 0 Å². The van der Waals surface area contributed by atoms with Crippen molar-refractivity contribution in [1.82, 2.24) is 5.32 Å². The molecular weight excluding hydrogens is 214 g/mol.